The van der Waals surface area contributed by atoms with E-state index in [1.807, 2.05) is 6.92 Å². The predicted octanol–water partition coefficient (Wildman–Crippen LogP) is 2.44. The number of carboxylic acid groups (broad SMARTS) is 1. The molecule has 0 aliphatic heterocycles. The topological polar surface area (TPSA) is 37.3 Å². The lowest BCUT2D eigenvalue weighted by Gasteiger charge is -1.99. The van der Waals surface area contributed by atoms with Gasteiger partial charge in [-0.25, -0.2) is 4.79 Å². The number of hydrogen-bond acceptors (Lipinski definition) is 1. The van der Waals surface area contributed by atoms with Crippen molar-refractivity contribution >= 4 is 21.9 Å². The molecule has 1 rings (SSSR count). The number of benzene rings is 1. The zero-order valence-corrected chi connectivity index (χ0v) is 9.26. The third-order valence-corrected chi connectivity index (χ3v) is 2.04. The second-order valence-corrected chi connectivity index (χ2v) is 3.33. The summed E-state index contributed by atoms with van der Waals surface area (Å²) in [5.74, 6) is 4.90. The van der Waals surface area contributed by atoms with Crippen molar-refractivity contribution in [3.63, 3.8) is 0 Å². The molecule has 0 saturated carbocycles. The highest BCUT2D eigenvalue weighted by Gasteiger charge is 2.03. The van der Waals surface area contributed by atoms with E-state index in [2.05, 4.69) is 27.8 Å². The van der Waals surface area contributed by atoms with Crippen molar-refractivity contribution in [2.45, 2.75) is 6.92 Å². The monoisotopic (exact) mass is 252 g/mol. The van der Waals surface area contributed by atoms with Crippen molar-refractivity contribution < 1.29 is 9.90 Å². The summed E-state index contributed by atoms with van der Waals surface area (Å²) in [6, 6.07) is 4.92. The van der Waals surface area contributed by atoms with Gasteiger partial charge in [-0.1, -0.05) is 27.8 Å². The highest BCUT2D eigenvalue weighted by Crippen LogP contribution is 2.09. The predicted molar refractivity (Wildman–Crippen MR) is 58.8 cm³/mol. The van der Waals surface area contributed by atoms with Crippen LogP contribution in [0.5, 0.6) is 0 Å². The summed E-state index contributed by atoms with van der Waals surface area (Å²) in [7, 11) is 0. The van der Waals surface area contributed by atoms with E-state index in [1.54, 1.807) is 18.2 Å². The largest absolute Gasteiger partial charge is 0.478 e. The average molecular weight is 253 g/mol. The smallest absolute Gasteiger partial charge is 0.335 e. The zero-order valence-electron chi connectivity index (χ0n) is 7.67. The number of carboxylic acids is 1. The molecule has 0 radical (unpaired) electrons. The fourth-order valence-corrected chi connectivity index (χ4v) is 1.21. The minimum atomic E-state index is -0.909. The van der Waals surface area contributed by atoms with Crippen molar-refractivity contribution in [3.05, 3.63) is 34.9 Å². The fraction of sp³-hybridized carbons (Fsp3) is 0.182. The summed E-state index contributed by atoms with van der Waals surface area (Å²) in [6.45, 7) is 1.85. The van der Waals surface area contributed by atoms with Crippen molar-refractivity contribution in [2.24, 2.45) is 0 Å². The Morgan fingerprint density at radius 3 is 2.79 bits per heavy atom. The van der Waals surface area contributed by atoms with Gasteiger partial charge in [0.25, 0.3) is 0 Å². The van der Waals surface area contributed by atoms with E-state index in [9.17, 15) is 4.79 Å². The number of rotatable bonds is 1. The van der Waals surface area contributed by atoms with E-state index >= 15 is 0 Å². The highest BCUT2D eigenvalue weighted by atomic mass is 79.9. The SMILES string of the molecule is Cc1cc(C(=O)O)ccc1C#CCBr. The van der Waals surface area contributed by atoms with Crippen molar-refractivity contribution in [2.75, 3.05) is 5.33 Å². The van der Waals surface area contributed by atoms with Gasteiger partial charge in [-0.2, -0.15) is 0 Å². The third kappa shape index (κ3) is 2.61. The lowest BCUT2D eigenvalue weighted by Crippen LogP contribution is -1.97. The van der Waals surface area contributed by atoms with E-state index in [1.165, 1.54) is 0 Å². The molecule has 1 aromatic rings. The Bertz CT molecular complexity index is 413. The summed E-state index contributed by atoms with van der Waals surface area (Å²) >= 11 is 3.20. The third-order valence-electron chi connectivity index (χ3n) is 1.76. The van der Waals surface area contributed by atoms with Gasteiger partial charge in [0.05, 0.1) is 10.9 Å². The summed E-state index contributed by atoms with van der Waals surface area (Å²) in [5, 5.41) is 9.35. The summed E-state index contributed by atoms with van der Waals surface area (Å²) < 4.78 is 0. The molecule has 14 heavy (non-hydrogen) atoms. The van der Waals surface area contributed by atoms with Gasteiger partial charge in [-0.05, 0) is 30.7 Å². The molecular weight excluding hydrogens is 244 g/mol. The molecule has 2 nitrogen and oxygen atoms in total. The molecule has 0 aliphatic carbocycles. The van der Waals surface area contributed by atoms with Crippen LogP contribution in [0.3, 0.4) is 0 Å². The van der Waals surface area contributed by atoms with Crippen LogP contribution in [0.1, 0.15) is 21.5 Å². The molecule has 72 valence electrons. The highest BCUT2D eigenvalue weighted by molar-refractivity contribution is 9.09. The van der Waals surface area contributed by atoms with Gasteiger partial charge in [0.1, 0.15) is 0 Å². The molecule has 0 spiro atoms. The number of alkyl halides is 1. The molecular formula is C11H9BrO2. The van der Waals surface area contributed by atoms with Gasteiger partial charge >= 0.3 is 5.97 Å². The lowest BCUT2D eigenvalue weighted by atomic mass is 10.1. The first kappa shape index (κ1) is 10.8. The van der Waals surface area contributed by atoms with Crippen LogP contribution in [0.25, 0.3) is 0 Å². The average Bonchev–Trinajstić information content (AvgIpc) is 2.15. The Morgan fingerprint density at radius 1 is 1.57 bits per heavy atom. The van der Waals surface area contributed by atoms with Gasteiger partial charge in [-0.15, -0.1) is 0 Å². The molecule has 0 fully saturated rings. The van der Waals surface area contributed by atoms with E-state index in [-0.39, 0.29) is 0 Å². The first-order valence-corrected chi connectivity index (χ1v) is 5.16. The van der Waals surface area contributed by atoms with Crippen LogP contribution in [0, 0.1) is 18.8 Å². The second-order valence-electron chi connectivity index (χ2n) is 2.77. The molecule has 1 N–H and O–H groups in total. The Balaban J connectivity index is 3.07. The molecule has 1 aromatic carbocycles. The Labute approximate surface area is 91.1 Å². The maximum absolute atomic E-state index is 10.6. The van der Waals surface area contributed by atoms with Gasteiger partial charge < -0.3 is 5.11 Å². The first-order chi connectivity index (χ1) is 6.65. The van der Waals surface area contributed by atoms with Crippen LogP contribution >= 0.6 is 15.9 Å². The van der Waals surface area contributed by atoms with Crippen LogP contribution in [0.15, 0.2) is 18.2 Å². The van der Waals surface area contributed by atoms with E-state index in [4.69, 9.17) is 5.11 Å². The lowest BCUT2D eigenvalue weighted by molar-refractivity contribution is 0.0697. The second kappa shape index (κ2) is 4.83. The molecule has 0 heterocycles. The molecule has 0 aromatic heterocycles. The first-order valence-electron chi connectivity index (χ1n) is 4.04. The molecule has 0 bridgehead atoms. The van der Waals surface area contributed by atoms with Gasteiger partial charge in [0, 0.05) is 5.56 Å². The molecule has 0 atom stereocenters. The number of hydrogen-bond donors (Lipinski definition) is 1. The van der Waals surface area contributed by atoms with Crippen molar-refractivity contribution in [1.82, 2.24) is 0 Å². The minimum Gasteiger partial charge on any atom is -0.478 e. The molecule has 0 saturated heterocycles. The fourth-order valence-electron chi connectivity index (χ4n) is 1.07. The Kier molecular flexibility index (Phi) is 3.73. The van der Waals surface area contributed by atoms with E-state index in [0.717, 1.165) is 11.1 Å². The van der Waals surface area contributed by atoms with Crippen LogP contribution in [-0.4, -0.2) is 16.4 Å². The Hall–Kier alpha value is -1.27. The zero-order chi connectivity index (χ0) is 10.6. The van der Waals surface area contributed by atoms with Crippen LogP contribution < -0.4 is 0 Å². The van der Waals surface area contributed by atoms with E-state index in [0.29, 0.717) is 10.9 Å². The van der Waals surface area contributed by atoms with E-state index < -0.39 is 5.97 Å². The number of halogens is 1. The standard InChI is InChI=1S/C11H9BrO2/c1-8-7-10(11(13)14)5-4-9(8)3-2-6-12/h4-5,7H,6H2,1H3,(H,13,14). The van der Waals surface area contributed by atoms with Crippen molar-refractivity contribution in [1.29, 1.82) is 0 Å². The maximum atomic E-state index is 10.6. The van der Waals surface area contributed by atoms with Gasteiger partial charge in [-0.3, -0.25) is 0 Å². The molecule has 0 unspecified atom stereocenters. The minimum absolute atomic E-state index is 0.298. The summed E-state index contributed by atoms with van der Waals surface area (Å²) in [6.07, 6.45) is 0. The molecule has 0 amide bonds. The number of aryl methyl sites for hydroxylation is 1. The van der Waals surface area contributed by atoms with Crippen LogP contribution in [0.2, 0.25) is 0 Å². The summed E-state index contributed by atoms with van der Waals surface area (Å²) in [5.41, 5.74) is 2.06. The summed E-state index contributed by atoms with van der Waals surface area (Å²) in [4.78, 5) is 10.6. The van der Waals surface area contributed by atoms with Crippen LogP contribution in [0.4, 0.5) is 0 Å². The van der Waals surface area contributed by atoms with Gasteiger partial charge in [0.2, 0.25) is 0 Å². The van der Waals surface area contributed by atoms with Crippen LogP contribution in [-0.2, 0) is 0 Å². The number of aromatic carboxylic acids is 1. The maximum Gasteiger partial charge on any atom is 0.335 e. The normalized spacial score (nSPS) is 9.00. The molecule has 3 heteroatoms. The Morgan fingerprint density at radius 2 is 2.29 bits per heavy atom. The van der Waals surface area contributed by atoms with Crippen molar-refractivity contribution in [3.8, 4) is 11.8 Å². The molecule has 0 aliphatic rings. The number of carbonyl (C=O) groups is 1. The quantitative estimate of drug-likeness (QED) is 0.616. The van der Waals surface area contributed by atoms with Gasteiger partial charge in [0.15, 0.2) is 0 Å².